The van der Waals surface area contributed by atoms with Crippen LogP contribution < -0.4 is 0 Å². The van der Waals surface area contributed by atoms with Gasteiger partial charge in [-0.1, -0.05) is 262 Å². The van der Waals surface area contributed by atoms with E-state index in [9.17, 15) is 14.4 Å². The SMILES string of the molecule is CC/C=C\C/C=C\C/C=C\C/C=C\C/C=C\C/C=C\C/C=C\C/C=C\C/C=C\CCCCCC(=O)OCC(COC(=O)CCCCCCCCCCC)OC(=O)CCCCCCCC/C=C\C/C=C\C/C=C\C/C=C\CC. The Hall–Kier alpha value is -4.97. The van der Waals surface area contributed by atoms with Crippen LogP contribution in [0.5, 0.6) is 0 Å². The van der Waals surface area contributed by atoms with Gasteiger partial charge in [-0.05, 0) is 128 Å². The molecule has 0 aliphatic rings. The highest BCUT2D eigenvalue weighted by atomic mass is 16.6. The van der Waals surface area contributed by atoms with Gasteiger partial charge in [0.05, 0.1) is 0 Å². The molecule has 432 valence electrons. The molecule has 6 nitrogen and oxygen atoms in total. The van der Waals surface area contributed by atoms with Gasteiger partial charge in [-0.25, -0.2) is 0 Å². The Bertz CT molecular complexity index is 1740. The van der Waals surface area contributed by atoms with Gasteiger partial charge < -0.3 is 14.2 Å². The van der Waals surface area contributed by atoms with Crippen LogP contribution in [0.4, 0.5) is 0 Å². The molecule has 0 aliphatic heterocycles. The zero-order valence-corrected chi connectivity index (χ0v) is 49.4. The normalized spacial score (nSPS) is 13.2. The lowest BCUT2D eigenvalue weighted by Gasteiger charge is -2.18. The highest BCUT2D eigenvalue weighted by Crippen LogP contribution is 2.14. The summed E-state index contributed by atoms with van der Waals surface area (Å²) in [5.74, 6) is -0.956. The lowest BCUT2D eigenvalue weighted by atomic mass is 10.1. The van der Waals surface area contributed by atoms with E-state index in [0.29, 0.717) is 19.3 Å². The third-order valence-electron chi connectivity index (χ3n) is 12.5. The molecule has 0 spiro atoms. The van der Waals surface area contributed by atoms with E-state index in [-0.39, 0.29) is 31.1 Å². The maximum absolute atomic E-state index is 12.9. The van der Waals surface area contributed by atoms with Crippen LogP contribution in [0.15, 0.2) is 158 Å². The number of allylic oxidation sites excluding steroid dienone is 26. The molecule has 6 heteroatoms. The van der Waals surface area contributed by atoms with E-state index < -0.39 is 6.10 Å². The Morgan fingerprint density at radius 2 is 0.506 bits per heavy atom. The molecule has 0 saturated heterocycles. The first-order valence-corrected chi connectivity index (χ1v) is 31.0. The molecule has 77 heavy (non-hydrogen) atoms. The minimum Gasteiger partial charge on any atom is -0.462 e. The van der Waals surface area contributed by atoms with Gasteiger partial charge in [0.15, 0.2) is 6.10 Å². The summed E-state index contributed by atoms with van der Waals surface area (Å²) in [5, 5.41) is 0. The maximum Gasteiger partial charge on any atom is 0.306 e. The van der Waals surface area contributed by atoms with E-state index in [1.807, 2.05) is 0 Å². The lowest BCUT2D eigenvalue weighted by Crippen LogP contribution is -2.30. The van der Waals surface area contributed by atoms with Crippen molar-refractivity contribution in [2.45, 2.75) is 258 Å². The van der Waals surface area contributed by atoms with Crippen molar-refractivity contribution in [3.63, 3.8) is 0 Å². The molecule has 1 unspecified atom stereocenters. The molecule has 0 aromatic rings. The molecular weight excluding hydrogens is 949 g/mol. The van der Waals surface area contributed by atoms with Crippen LogP contribution in [0, 0.1) is 0 Å². The summed E-state index contributed by atoms with van der Waals surface area (Å²) in [7, 11) is 0. The van der Waals surface area contributed by atoms with Gasteiger partial charge in [0, 0.05) is 19.3 Å². The summed E-state index contributed by atoms with van der Waals surface area (Å²) in [6.07, 6.45) is 92.5. The van der Waals surface area contributed by atoms with Gasteiger partial charge in [-0.2, -0.15) is 0 Å². The van der Waals surface area contributed by atoms with Crippen molar-refractivity contribution in [2.75, 3.05) is 13.2 Å². The predicted octanol–water partition coefficient (Wildman–Crippen LogP) is 21.3. The van der Waals surface area contributed by atoms with Gasteiger partial charge in [-0.15, -0.1) is 0 Å². The third kappa shape index (κ3) is 61.8. The quantitative estimate of drug-likeness (QED) is 0.0261. The van der Waals surface area contributed by atoms with Gasteiger partial charge in [-0.3, -0.25) is 14.4 Å². The summed E-state index contributed by atoms with van der Waals surface area (Å²) in [6, 6.07) is 0. The largest absolute Gasteiger partial charge is 0.462 e. The molecule has 0 saturated carbocycles. The average Bonchev–Trinajstić information content (AvgIpc) is 3.43. The zero-order valence-electron chi connectivity index (χ0n) is 49.4. The molecule has 0 aliphatic carbocycles. The smallest absolute Gasteiger partial charge is 0.306 e. The summed E-state index contributed by atoms with van der Waals surface area (Å²) in [6.45, 7) is 6.34. The number of unbranched alkanes of at least 4 members (excludes halogenated alkanes) is 17. The standard InChI is InChI=1S/C71H112O6/c1-4-7-10-13-16-19-21-23-25-27-29-30-31-32-33-34-35-36-37-38-39-40-42-43-45-47-49-52-55-58-61-64-70(73)76-67-68(66-75-69(72)63-60-57-54-51-18-15-12-9-6-3)77-71(74)65-62-59-56-53-50-48-46-44-41-28-26-24-22-20-17-14-11-8-5-2/h7-8,10-11,16-17,19-20,23-26,29-30,32-33,35-36,38-39,41-44,47,49,68H,4-6,9,12-15,18,21-22,27-28,31,34,37,40,45-46,48,50-67H2,1-3H3/b10-7-,11-8-,19-16-,20-17-,25-23-,26-24-,30-29-,33-32-,36-35-,39-38-,43-42-,44-41-,49-47-. The monoisotopic (exact) mass is 1060 g/mol. The van der Waals surface area contributed by atoms with Crippen LogP contribution >= 0.6 is 0 Å². The van der Waals surface area contributed by atoms with Crippen molar-refractivity contribution in [3.8, 4) is 0 Å². The summed E-state index contributed by atoms with van der Waals surface area (Å²) in [5.41, 5.74) is 0. The van der Waals surface area contributed by atoms with Crippen molar-refractivity contribution in [1.82, 2.24) is 0 Å². The summed E-state index contributed by atoms with van der Waals surface area (Å²) in [4.78, 5) is 38.1. The predicted molar refractivity (Wildman–Crippen MR) is 334 cm³/mol. The number of hydrogen-bond donors (Lipinski definition) is 0. The average molecular weight is 1060 g/mol. The Morgan fingerprint density at radius 1 is 0.273 bits per heavy atom. The van der Waals surface area contributed by atoms with Crippen LogP contribution in [0.2, 0.25) is 0 Å². The Morgan fingerprint density at radius 3 is 0.805 bits per heavy atom. The van der Waals surface area contributed by atoms with E-state index in [2.05, 4.69) is 179 Å². The van der Waals surface area contributed by atoms with Gasteiger partial charge in [0.1, 0.15) is 13.2 Å². The van der Waals surface area contributed by atoms with Crippen LogP contribution in [0.3, 0.4) is 0 Å². The minimum atomic E-state index is -0.805. The number of carbonyl (C=O) groups is 3. The highest BCUT2D eigenvalue weighted by molar-refractivity contribution is 5.71. The van der Waals surface area contributed by atoms with Crippen molar-refractivity contribution in [2.24, 2.45) is 0 Å². The number of ether oxygens (including phenoxy) is 3. The molecule has 0 aromatic heterocycles. The Kier molecular flexibility index (Phi) is 59.5. The van der Waals surface area contributed by atoms with Crippen molar-refractivity contribution in [3.05, 3.63) is 158 Å². The molecule has 0 fully saturated rings. The molecule has 0 radical (unpaired) electrons. The molecule has 1 atom stereocenters. The van der Waals surface area contributed by atoms with E-state index in [4.69, 9.17) is 14.2 Å². The first-order valence-electron chi connectivity index (χ1n) is 31.0. The minimum absolute atomic E-state index is 0.0994. The van der Waals surface area contributed by atoms with E-state index >= 15 is 0 Å². The first kappa shape index (κ1) is 72.0. The number of hydrogen-bond acceptors (Lipinski definition) is 6. The van der Waals surface area contributed by atoms with Crippen LogP contribution in [-0.2, 0) is 28.6 Å². The molecule has 0 heterocycles. The maximum atomic E-state index is 12.9. The van der Waals surface area contributed by atoms with Crippen molar-refractivity contribution < 1.29 is 28.6 Å². The van der Waals surface area contributed by atoms with Crippen LogP contribution in [0.25, 0.3) is 0 Å². The second-order valence-electron chi connectivity index (χ2n) is 19.9. The Balaban J connectivity index is 4.35. The van der Waals surface area contributed by atoms with Gasteiger partial charge in [0.25, 0.3) is 0 Å². The number of rotatable bonds is 54. The fraction of sp³-hybridized carbons (Fsp3) is 0.592. The van der Waals surface area contributed by atoms with Crippen LogP contribution in [0.1, 0.15) is 252 Å². The fourth-order valence-corrected chi connectivity index (χ4v) is 7.95. The van der Waals surface area contributed by atoms with Gasteiger partial charge >= 0.3 is 17.9 Å². The van der Waals surface area contributed by atoms with Crippen molar-refractivity contribution >= 4 is 17.9 Å². The number of carbonyl (C=O) groups excluding carboxylic acids is 3. The third-order valence-corrected chi connectivity index (χ3v) is 12.5. The first-order chi connectivity index (χ1) is 38.0. The summed E-state index contributed by atoms with van der Waals surface area (Å²) >= 11 is 0. The topological polar surface area (TPSA) is 78.9 Å². The zero-order chi connectivity index (χ0) is 55.7. The van der Waals surface area contributed by atoms with Gasteiger partial charge in [0.2, 0.25) is 0 Å². The fourth-order valence-electron chi connectivity index (χ4n) is 7.95. The molecule has 0 rings (SSSR count). The van der Waals surface area contributed by atoms with E-state index in [1.54, 1.807) is 0 Å². The van der Waals surface area contributed by atoms with Crippen molar-refractivity contribution in [1.29, 1.82) is 0 Å². The van der Waals surface area contributed by atoms with Crippen LogP contribution in [-0.4, -0.2) is 37.2 Å². The summed E-state index contributed by atoms with van der Waals surface area (Å²) < 4.78 is 16.8. The molecular formula is C71H112O6. The van der Waals surface area contributed by atoms with E-state index in [1.165, 1.54) is 51.4 Å². The van der Waals surface area contributed by atoms with E-state index in [0.717, 1.165) is 161 Å². The molecule has 0 N–H and O–H groups in total. The molecule has 0 bridgehead atoms. The molecule has 0 aromatic carbocycles. The molecule has 0 amide bonds. The second kappa shape index (κ2) is 63.6. The lowest BCUT2D eigenvalue weighted by molar-refractivity contribution is -0.167. The highest BCUT2D eigenvalue weighted by Gasteiger charge is 2.19. The number of esters is 3. The second-order valence-corrected chi connectivity index (χ2v) is 19.9. The Labute approximate surface area is 473 Å².